The van der Waals surface area contributed by atoms with Crippen LogP contribution >= 0.6 is 24.0 Å². The van der Waals surface area contributed by atoms with Crippen molar-refractivity contribution in [2.45, 2.75) is 42.1 Å². The van der Waals surface area contributed by atoms with Gasteiger partial charge in [-0.2, -0.15) is 0 Å². The standard InChI is InChI=1S/C37H30N4O10S2/c1-37(2)30(35(49)50)41-32(46)29(33(41)53-37)39-31(45)28(16-3-6-18(42)7-4-16)40-36(52)38-17-5-10-21(24(13-17)34(47)48)27-22-11-8-19(43)14-25(22)51-26-15-20(44)9-12-23(26)27/h3-15,28-30,33,42-43H,1-2H3,(H,39,45)(H,47,48)(H,49,50)(H2,38,40,52). The molecule has 0 radical (unpaired) electrons. The molecule has 4 unspecified atom stereocenters. The van der Waals surface area contributed by atoms with Gasteiger partial charge in [0.2, 0.25) is 11.8 Å². The van der Waals surface area contributed by atoms with Gasteiger partial charge in [0.1, 0.15) is 46.3 Å². The van der Waals surface area contributed by atoms with Gasteiger partial charge in [-0.1, -0.05) is 18.2 Å². The van der Waals surface area contributed by atoms with Crippen LogP contribution in [0.15, 0.2) is 88.1 Å². The highest BCUT2D eigenvalue weighted by atomic mass is 32.2. The molecule has 0 saturated carbocycles. The van der Waals surface area contributed by atoms with Crippen LogP contribution in [0.25, 0.3) is 33.4 Å². The first kappa shape index (κ1) is 35.3. The Bertz CT molecular complexity index is 2400. The van der Waals surface area contributed by atoms with Gasteiger partial charge in [0.15, 0.2) is 10.5 Å². The lowest BCUT2D eigenvalue weighted by atomic mass is 9.90. The molecule has 1 aliphatic carbocycles. The first-order valence-electron chi connectivity index (χ1n) is 16.1. The maximum Gasteiger partial charge on any atom is 0.336 e. The van der Waals surface area contributed by atoms with Gasteiger partial charge < -0.3 is 45.7 Å². The number of rotatable bonds is 8. The zero-order valence-electron chi connectivity index (χ0n) is 27.8. The Balaban J connectivity index is 1.17. The van der Waals surface area contributed by atoms with Crippen LogP contribution in [0.2, 0.25) is 0 Å². The summed E-state index contributed by atoms with van der Waals surface area (Å²) in [6.45, 7) is 3.45. The molecule has 4 aliphatic rings. The van der Waals surface area contributed by atoms with E-state index in [9.17, 15) is 44.4 Å². The van der Waals surface area contributed by atoms with Crippen molar-refractivity contribution in [3.63, 3.8) is 0 Å². The van der Waals surface area contributed by atoms with Crippen molar-refractivity contribution in [1.29, 1.82) is 0 Å². The van der Waals surface area contributed by atoms with E-state index in [-0.39, 0.29) is 50.2 Å². The van der Waals surface area contributed by atoms with E-state index in [1.165, 1.54) is 71.3 Å². The summed E-state index contributed by atoms with van der Waals surface area (Å²) in [6.07, 6.45) is 0. The third-order valence-corrected chi connectivity index (χ3v) is 11.0. The van der Waals surface area contributed by atoms with Crippen LogP contribution in [0.1, 0.15) is 35.8 Å². The first-order chi connectivity index (χ1) is 25.1. The van der Waals surface area contributed by atoms with E-state index in [0.717, 1.165) is 0 Å². The van der Waals surface area contributed by atoms with Gasteiger partial charge in [0.05, 0.1) is 5.56 Å². The van der Waals surface area contributed by atoms with Gasteiger partial charge >= 0.3 is 11.9 Å². The summed E-state index contributed by atoms with van der Waals surface area (Å²) in [7, 11) is 0. The van der Waals surface area contributed by atoms with Crippen LogP contribution in [-0.4, -0.2) is 76.4 Å². The fraction of sp³-hybridized carbons (Fsp3) is 0.189. The number of phenolic OH excluding ortho intramolecular Hbond substituents is 2. The van der Waals surface area contributed by atoms with Crippen molar-refractivity contribution in [2.75, 3.05) is 5.32 Å². The number of amides is 2. The fourth-order valence-electron chi connectivity index (χ4n) is 6.81. The van der Waals surface area contributed by atoms with Crippen molar-refractivity contribution in [2.24, 2.45) is 0 Å². The summed E-state index contributed by atoms with van der Waals surface area (Å²) >= 11 is 6.84. The van der Waals surface area contributed by atoms with E-state index in [2.05, 4.69) is 16.0 Å². The van der Waals surface area contributed by atoms with Crippen molar-refractivity contribution < 1.29 is 44.0 Å². The SMILES string of the molecule is CC1(C)SC2C(NC(=O)C(NC(=S)Nc3ccc(-c4c5ccc(=O)cc-5oc5cc(O)ccc45)c(C(=O)O)c3)c3ccc(O)cc3)C(=O)N2C1C(=O)O. The van der Waals surface area contributed by atoms with Crippen molar-refractivity contribution >= 4 is 69.5 Å². The number of phenols is 2. The molecule has 2 saturated heterocycles. The van der Waals surface area contributed by atoms with Gasteiger partial charge in [-0.3, -0.25) is 14.4 Å². The van der Waals surface area contributed by atoms with Crippen molar-refractivity contribution in [3.05, 3.63) is 100 Å². The lowest BCUT2D eigenvalue weighted by molar-refractivity contribution is -0.161. The van der Waals surface area contributed by atoms with Gasteiger partial charge in [0, 0.05) is 39.1 Å². The molecule has 14 nitrogen and oxygen atoms in total. The molecule has 3 aromatic rings. The number of β-lactam (4-membered cyclic amide) rings is 1. The molecule has 2 amide bonds. The number of thiocarbonyl (C=S) groups is 1. The van der Waals surface area contributed by atoms with E-state index in [4.69, 9.17) is 16.6 Å². The highest BCUT2D eigenvalue weighted by molar-refractivity contribution is 8.01. The second kappa shape index (κ2) is 13.1. The number of anilines is 1. The number of carbonyl (C=O) groups is 4. The lowest BCUT2D eigenvalue weighted by Crippen LogP contribution is -2.71. The molecule has 4 atom stereocenters. The van der Waals surface area contributed by atoms with Gasteiger partial charge in [-0.25, -0.2) is 9.59 Å². The predicted octanol–water partition coefficient (Wildman–Crippen LogP) is 4.33. The summed E-state index contributed by atoms with van der Waals surface area (Å²) in [5, 5.41) is 48.5. The zero-order valence-corrected chi connectivity index (χ0v) is 29.5. The first-order valence-corrected chi connectivity index (χ1v) is 17.4. The van der Waals surface area contributed by atoms with Crippen molar-refractivity contribution in [1.82, 2.24) is 15.5 Å². The number of carbonyl (C=O) groups excluding carboxylic acids is 2. The van der Waals surface area contributed by atoms with Crippen LogP contribution in [-0.2, 0) is 14.4 Å². The number of hydrogen-bond donors (Lipinski definition) is 7. The molecule has 3 aromatic carbocycles. The average Bonchev–Trinajstić information content (AvgIpc) is 3.36. The maximum atomic E-state index is 13.8. The second-order valence-corrected chi connectivity index (χ2v) is 15.3. The molecule has 3 aliphatic heterocycles. The van der Waals surface area contributed by atoms with Crippen LogP contribution in [0.4, 0.5) is 5.69 Å². The normalized spacial score (nSPS) is 19.2. The summed E-state index contributed by atoms with van der Waals surface area (Å²) in [5.41, 5.74) is 1.61. The topological polar surface area (TPSA) is 219 Å². The highest BCUT2D eigenvalue weighted by Gasteiger charge is 2.64. The summed E-state index contributed by atoms with van der Waals surface area (Å²) in [4.78, 5) is 65.0. The number of carboxylic acids is 2. The van der Waals surface area contributed by atoms with Crippen LogP contribution in [0, 0.1) is 0 Å². The molecular formula is C37H30N4O10S2. The quantitative estimate of drug-likeness (QED) is 0.0667. The molecule has 0 bridgehead atoms. The third-order valence-electron chi connectivity index (χ3n) is 9.19. The monoisotopic (exact) mass is 754 g/mol. The summed E-state index contributed by atoms with van der Waals surface area (Å²) < 4.78 is 5.10. The Morgan fingerprint density at radius 3 is 2.30 bits per heavy atom. The Morgan fingerprint density at radius 1 is 0.906 bits per heavy atom. The Kier molecular flexibility index (Phi) is 8.74. The van der Waals surface area contributed by atoms with Crippen LogP contribution in [0.3, 0.4) is 0 Å². The van der Waals surface area contributed by atoms with E-state index < -0.39 is 52.0 Å². The molecule has 3 heterocycles. The largest absolute Gasteiger partial charge is 0.508 e. The summed E-state index contributed by atoms with van der Waals surface area (Å²) in [6, 6.07) is 15.5. The number of hydrogen-bond acceptors (Lipinski definition) is 10. The number of thioether (sulfide) groups is 1. The second-order valence-electron chi connectivity index (χ2n) is 13.1. The lowest BCUT2D eigenvalue weighted by Gasteiger charge is -2.44. The van der Waals surface area contributed by atoms with E-state index in [0.29, 0.717) is 22.1 Å². The minimum atomic E-state index is -1.28. The van der Waals surface area contributed by atoms with Gasteiger partial charge in [0.25, 0.3) is 0 Å². The molecular weight excluding hydrogens is 725 g/mol. The molecule has 0 spiro atoms. The third kappa shape index (κ3) is 6.35. The molecule has 7 N–H and O–H groups in total. The highest BCUT2D eigenvalue weighted by Crippen LogP contribution is 2.51. The van der Waals surface area contributed by atoms with Crippen LogP contribution in [0.5, 0.6) is 11.5 Å². The number of aromatic hydroxyl groups is 2. The fourth-order valence-corrected chi connectivity index (χ4v) is 8.67. The molecule has 2 fully saturated rings. The number of carboxylic acid groups (broad SMARTS) is 2. The Morgan fingerprint density at radius 2 is 1.60 bits per heavy atom. The van der Waals surface area contributed by atoms with Gasteiger partial charge in [-0.15, -0.1) is 11.8 Å². The minimum absolute atomic E-state index is 0.0538. The number of nitrogens with zero attached hydrogens (tertiary/aromatic N) is 1. The number of fused-ring (bicyclic) bond motifs is 3. The van der Waals surface area contributed by atoms with Gasteiger partial charge in [-0.05, 0) is 85.7 Å². The van der Waals surface area contributed by atoms with E-state index >= 15 is 0 Å². The maximum absolute atomic E-state index is 13.8. The minimum Gasteiger partial charge on any atom is -0.508 e. The molecule has 270 valence electrons. The molecule has 0 aromatic heterocycles. The Hall–Kier alpha value is -6.13. The number of aromatic carboxylic acids is 1. The Labute approximate surface area is 309 Å². The summed E-state index contributed by atoms with van der Waals surface area (Å²) in [5.74, 6) is -3.54. The molecule has 16 heteroatoms. The number of benzene rings is 4. The average molecular weight is 755 g/mol. The smallest absolute Gasteiger partial charge is 0.336 e. The van der Waals surface area contributed by atoms with E-state index in [1.54, 1.807) is 38.1 Å². The number of aliphatic carboxylic acids is 1. The van der Waals surface area contributed by atoms with Crippen LogP contribution < -0.4 is 21.4 Å². The van der Waals surface area contributed by atoms with E-state index in [1.807, 2.05) is 0 Å². The molecule has 53 heavy (non-hydrogen) atoms. The predicted molar refractivity (Wildman–Crippen MR) is 199 cm³/mol. The molecule has 7 rings (SSSR count). The van der Waals surface area contributed by atoms with Crippen molar-refractivity contribution in [3.8, 4) is 33.9 Å². The zero-order chi connectivity index (χ0) is 37.9. The number of nitrogens with one attached hydrogen (secondary N) is 3.